The molecule has 1 fully saturated rings. The van der Waals surface area contributed by atoms with E-state index in [0.29, 0.717) is 12.0 Å². The molecule has 5 nitrogen and oxygen atoms in total. The van der Waals surface area contributed by atoms with Gasteiger partial charge in [0.1, 0.15) is 12.2 Å². The van der Waals surface area contributed by atoms with Crippen molar-refractivity contribution in [3.8, 4) is 0 Å². The molecule has 0 radical (unpaired) electrons. The molecule has 1 aliphatic heterocycles. The van der Waals surface area contributed by atoms with Crippen LogP contribution in [-0.2, 0) is 13.1 Å². The van der Waals surface area contributed by atoms with E-state index in [1.807, 2.05) is 4.68 Å². The van der Waals surface area contributed by atoms with E-state index in [9.17, 15) is 0 Å². The summed E-state index contributed by atoms with van der Waals surface area (Å²) in [7, 11) is 0. The maximum Gasteiger partial charge on any atom is 0.141 e. The van der Waals surface area contributed by atoms with Crippen molar-refractivity contribution in [3.63, 3.8) is 0 Å². The highest BCUT2D eigenvalue weighted by Crippen LogP contribution is 2.25. The highest BCUT2D eigenvalue weighted by Gasteiger charge is 2.27. The fraction of sp³-hybridized carbons (Fsp3) is 0.867. The molecule has 2 rings (SSSR count). The molecule has 5 heteroatoms. The molecule has 0 aliphatic carbocycles. The van der Waals surface area contributed by atoms with Gasteiger partial charge in [0.2, 0.25) is 0 Å². The zero-order chi connectivity index (χ0) is 14.5. The second kappa shape index (κ2) is 7.18. The first kappa shape index (κ1) is 15.4. The first-order valence-electron chi connectivity index (χ1n) is 7.94. The summed E-state index contributed by atoms with van der Waals surface area (Å²) < 4.78 is 2.05. The van der Waals surface area contributed by atoms with Crippen LogP contribution < -0.4 is 5.73 Å². The molecule has 1 aromatic heterocycles. The minimum Gasteiger partial charge on any atom is -0.329 e. The van der Waals surface area contributed by atoms with Crippen molar-refractivity contribution in [3.05, 3.63) is 12.2 Å². The summed E-state index contributed by atoms with van der Waals surface area (Å²) in [4.78, 5) is 6.93. The Morgan fingerprint density at radius 3 is 2.90 bits per heavy atom. The number of hydrogen-bond donors (Lipinski definition) is 1. The predicted molar refractivity (Wildman–Crippen MR) is 81.1 cm³/mol. The first-order chi connectivity index (χ1) is 9.63. The van der Waals surface area contributed by atoms with Crippen molar-refractivity contribution in [2.24, 2.45) is 17.6 Å². The average Bonchev–Trinajstić information content (AvgIpc) is 2.85. The van der Waals surface area contributed by atoms with Gasteiger partial charge in [0.15, 0.2) is 0 Å². The second-order valence-electron chi connectivity index (χ2n) is 6.41. The molecule has 2 N–H and O–H groups in total. The number of nitrogens with two attached hydrogens (primary N) is 1. The van der Waals surface area contributed by atoms with E-state index in [4.69, 9.17) is 5.73 Å². The van der Waals surface area contributed by atoms with E-state index in [-0.39, 0.29) is 0 Å². The van der Waals surface area contributed by atoms with Gasteiger partial charge in [0, 0.05) is 19.1 Å². The van der Waals surface area contributed by atoms with Gasteiger partial charge >= 0.3 is 0 Å². The van der Waals surface area contributed by atoms with Gasteiger partial charge in [0.25, 0.3) is 0 Å². The second-order valence-corrected chi connectivity index (χ2v) is 6.41. The summed E-state index contributed by atoms with van der Waals surface area (Å²) in [6.45, 7) is 10.4. The van der Waals surface area contributed by atoms with Gasteiger partial charge in [0.05, 0.1) is 6.54 Å². The number of piperidine rings is 1. The lowest BCUT2D eigenvalue weighted by molar-refractivity contribution is 0.103. The van der Waals surface area contributed by atoms with Gasteiger partial charge in [-0.2, -0.15) is 5.10 Å². The molecule has 1 saturated heterocycles. The fourth-order valence-electron chi connectivity index (χ4n) is 3.10. The molecule has 0 amide bonds. The van der Waals surface area contributed by atoms with Gasteiger partial charge in [-0.25, -0.2) is 9.67 Å². The largest absolute Gasteiger partial charge is 0.329 e. The lowest BCUT2D eigenvalue weighted by Crippen LogP contribution is -2.46. The van der Waals surface area contributed by atoms with E-state index in [1.165, 1.54) is 19.3 Å². The molecule has 2 unspecified atom stereocenters. The number of hydrogen-bond acceptors (Lipinski definition) is 4. The normalized spacial score (nSPS) is 24.4. The number of likely N-dealkylation sites (tertiary alicyclic amines) is 1. The lowest BCUT2D eigenvalue weighted by atomic mass is 9.89. The number of aromatic nitrogens is 3. The Kier molecular flexibility index (Phi) is 5.54. The van der Waals surface area contributed by atoms with Crippen LogP contribution in [0.25, 0.3) is 0 Å². The molecule has 114 valence electrons. The minimum absolute atomic E-state index is 0.498. The van der Waals surface area contributed by atoms with Gasteiger partial charge < -0.3 is 5.73 Å². The zero-order valence-corrected chi connectivity index (χ0v) is 13.1. The molecule has 0 aromatic carbocycles. The third-order valence-electron chi connectivity index (χ3n) is 4.37. The average molecular weight is 279 g/mol. The maximum absolute atomic E-state index is 5.97. The number of nitrogens with zero attached hydrogens (tertiary/aromatic N) is 4. The molecule has 0 saturated carbocycles. The molecule has 0 spiro atoms. The van der Waals surface area contributed by atoms with Crippen LogP contribution in [0, 0.1) is 11.8 Å². The summed E-state index contributed by atoms with van der Waals surface area (Å²) in [6.07, 6.45) is 5.46. The quantitative estimate of drug-likeness (QED) is 0.864. The van der Waals surface area contributed by atoms with Crippen molar-refractivity contribution in [2.45, 2.75) is 59.2 Å². The van der Waals surface area contributed by atoms with Crippen molar-refractivity contribution in [1.82, 2.24) is 19.7 Å². The Hall–Kier alpha value is -0.940. The van der Waals surface area contributed by atoms with Crippen LogP contribution in [-0.4, -0.2) is 38.8 Å². The van der Waals surface area contributed by atoms with Crippen LogP contribution in [0.4, 0.5) is 0 Å². The Morgan fingerprint density at radius 1 is 1.45 bits per heavy atom. The van der Waals surface area contributed by atoms with E-state index in [0.717, 1.165) is 37.9 Å². The van der Waals surface area contributed by atoms with Crippen molar-refractivity contribution in [1.29, 1.82) is 0 Å². The summed E-state index contributed by atoms with van der Waals surface area (Å²) >= 11 is 0. The van der Waals surface area contributed by atoms with Crippen LogP contribution in [0.5, 0.6) is 0 Å². The molecule has 2 heterocycles. The van der Waals surface area contributed by atoms with Gasteiger partial charge in [-0.05, 0) is 31.2 Å². The lowest BCUT2D eigenvalue weighted by Gasteiger charge is -2.38. The minimum atomic E-state index is 0.498. The molecule has 20 heavy (non-hydrogen) atoms. The first-order valence-corrected chi connectivity index (χ1v) is 7.94. The van der Waals surface area contributed by atoms with E-state index < -0.39 is 0 Å². The zero-order valence-electron chi connectivity index (χ0n) is 13.1. The van der Waals surface area contributed by atoms with Crippen molar-refractivity contribution in [2.75, 3.05) is 13.1 Å². The van der Waals surface area contributed by atoms with Gasteiger partial charge in [-0.3, -0.25) is 4.90 Å². The Balaban J connectivity index is 2.00. The van der Waals surface area contributed by atoms with Gasteiger partial charge in [-0.15, -0.1) is 0 Å². The maximum atomic E-state index is 5.97. The third-order valence-corrected chi connectivity index (χ3v) is 4.37. The van der Waals surface area contributed by atoms with Crippen molar-refractivity contribution < 1.29 is 0 Å². The monoisotopic (exact) mass is 279 g/mol. The fourth-order valence-corrected chi connectivity index (χ4v) is 3.10. The van der Waals surface area contributed by atoms with E-state index in [2.05, 4.69) is 35.8 Å². The Bertz CT molecular complexity index is 401. The molecule has 0 bridgehead atoms. The number of rotatable bonds is 6. The predicted octanol–water partition coefficient (Wildman–Crippen LogP) is 1.88. The van der Waals surface area contributed by atoms with Crippen LogP contribution in [0.1, 0.15) is 45.9 Å². The Labute approximate surface area is 122 Å². The smallest absolute Gasteiger partial charge is 0.141 e. The summed E-state index contributed by atoms with van der Waals surface area (Å²) in [5.41, 5.74) is 5.97. The van der Waals surface area contributed by atoms with Crippen molar-refractivity contribution >= 4 is 0 Å². The molecular weight excluding hydrogens is 250 g/mol. The third kappa shape index (κ3) is 3.79. The van der Waals surface area contributed by atoms with Gasteiger partial charge in [-0.1, -0.05) is 27.2 Å². The van der Waals surface area contributed by atoms with Crippen LogP contribution in [0.3, 0.4) is 0 Å². The summed E-state index contributed by atoms with van der Waals surface area (Å²) in [6, 6.07) is 0.498. The van der Waals surface area contributed by atoms with Crippen LogP contribution in [0.15, 0.2) is 6.33 Å². The van der Waals surface area contributed by atoms with Crippen LogP contribution in [0.2, 0.25) is 0 Å². The highest BCUT2D eigenvalue weighted by atomic mass is 15.4. The molecule has 1 aromatic rings. The Morgan fingerprint density at radius 2 is 2.25 bits per heavy atom. The molecular formula is C15H29N5. The molecule has 1 aliphatic rings. The topological polar surface area (TPSA) is 60.0 Å². The summed E-state index contributed by atoms with van der Waals surface area (Å²) in [5, 5.41) is 4.35. The SMILES string of the molecule is CCC1CCN(Cc2ncnn2CC(C)C)C(CN)C1. The summed E-state index contributed by atoms with van der Waals surface area (Å²) in [5.74, 6) is 2.51. The molecule has 2 atom stereocenters. The standard InChI is InChI=1S/C15H29N5/c1-4-13-5-6-19(14(7-13)8-16)10-15-17-11-18-20(15)9-12(2)3/h11-14H,4-10,16H2,1-3H3. The highest BCUT2D eigenvalue weighted by molar-refractivity contribution is 4.90. The van der Waals surface area contributed by atoms with E-state index >= 15 is 0 Å². The van der Waals surface area contributed by atoms with Crippen LogP contribution >= 0.6 is 0 Å². The van der Waals surface area contributed by atoms with E-state index in [1.54, 1.807) is 6.33 Å².